The van der Waals surface area contributed by atoms with Gasteiger partial charge in [0, 0.05) is 11.6 Å². The molecule has 0 amide bonds. The summed E-state index contributed by atoms with van der Waals surface area (Å²) in [6.45, 7) is 0.467. The molecule has 0 bridgehead atoms. The van der Waals surface area contributed by atoms with Crippen molar-refractivity contribution in [2.24, 2.45) is 0 Å². The lowest BCUT2D eigenvalue weighted by Crippen LogP contribution is -2.39. The maximum absolute atomic E-state index is 13.3. The first-order valence-electron chi connectivity index (χ1n) is 8.29. The molecule has 0 radical (unpaired) electrons. The zero-order valence-electron chi connectivity index (χ0n) is 14.0. The molecular formula is C19H16Cl2F3NO2. The highest BCUT2D eigenvalue weighted by molar-refractivity contribution is 6.31. The molecule has 1 aliphatic rings. The van der Waals surface area contributed by atoms with Gasteiger partial charge in [0.15, 0.2) is 0 Å². The first-order chi connectivity index (χ1) is 12.7. The lowest BCUT2D eigenvalue weighted by atomic mass is 9.94. The number of carboxylic acid groups (broad SMARTS) is 1. The highest BCUT2D eigenvalue weighted by Crippen LogP contribution is 2.40. The van der Waals surface area contributed by atoms with E-state index < -0.39 is 34.8 Å². The molecule has 27 heavy (non-hydrogen) atoms. The van der Waals surface area contributed by atoms with E-state index in [4.69, 9.17) is 23.2 Å². The van der Waals surface area contributed by atoms with E-state index in [1.165, 1.54) is 12.1 Å². The van der Waals surface area contributed by atoms with E-state index in [1.807, 2.05) is 0 Å². The van der Waals surface area contributed by atoms with Crippen molar-refractivity contribution >= 4 is 29.2 Å². The fourth-order valence-corrected chi connectivity index (χ4v) is 3.86. The first-order valence-corrected chi connectivity index (χ1v) is 9.04. The number of carboxylic acids is 1. The van der Waals surface area contributed by atoms with Crippen LogP contribution in [0.25, 0.3) is 0 Å². The number of hydrogen-bond donors (Lipinski definition) is 1. The summed E-state index contributed by atoms with van der Waals surface area (Å²) in [7, 11) is 0. The molecule has 2 aromatic carbocycles. The van der Waals surface area contributed by atoms with Crippen LogP contribution >= 0.6 is 23.2 Å². The minimum absolute atomic E-state index is 0.335. The van der Waals surface area contributed by atoms with Crippen LogP contribution < -0.4 is 0 Å². The molecule has 144 valence electrons. The fourth-order valence-electron chi connectivity index (χ4n) is 3.51. The number of carbonyl (C=O) groups is 1. The molecule has 1 fully saturated rings. The zero-order chi connectivity index (χ0) is 19.8. The number of alkyl halides is 3. The van der Waals surface area contributed by atoms with E-state index in [-0.39, 0.29) is 0 Å². The Morgan fingerprint density at radius 1 is 1.11 bits per heavy atom. The third-order valence-electron chi connectivity index (χ3n) is 4.71. The molecule has 1 aliphatic heterocycles. The van der Waals surface area contributed by atoms with Gasteiger partial charge in [-0.3, -0.25) is 9.69 Å². The van der Waals surface area contributed by atoms with Crippen molar-refractivity contribution in [3.8, 4) is 0 Å². The smallest absolute Gasteiger partial charge is 0.417 e. The number of benzene rings is 2. The Labute approximate surface area is 164 Å². The highest BCUT2D eigenvalue weighted by atomic mass is 35.5. The van der Waals surface area contributed by atoms with E-state index in [1.54, 1.807) is 29.2 Å². The summed E-state index contributed by atoms with van der Waals surface area (Å²) in [6, 6.07) is 8.96. The largest absolute Gasteiger partial charge is 0.480 e. The van der Waals surface area contributed by atoms with Crippen LogP contribution in [0.2, 0.25) is 10.0 Å². The maximum atomic E-state index is 13.3. The Bertz CT molecular complexity index is 840. The van der Waals surface area contributed by atoms with Gasteiger partial charge in [-0.05, 0) is 48.2 Å². The molecule has 1 N–H and O–H groups in total. The summed E-state index contributed by atoms with van der Waals surface area (Å²) in [5.74, 6) is -0.989. The van der Waals surface area contributed by atoms with Gasteiger partial charge in [0.1, 0.15) is 6.04 Å². The maximum Gasteiger partial charge on any atom is 0.417 e. The zero-order valence-corrected chi connectivity index (χ0v) is 15.5. The Balaban J connectivity index is 2.13. The monoisotopic (exact) mass is 417 g/mol. The van der Waals surface area contributed by atoms with E-state index in [0.717, 1.165) is 6.07 Å². The second-order valence-corrected chi connectivity index (χ2v) is 7.27. The van der Waals surface area contributed by atoms with Gasteiger partial charge in [0.25, 0.3) is 0 Å². The minimum atomic E-state index is -4.60. The second-order valence-electron chi connectivity index (χ2n) is 6.43. The highest BCUT2D eigenvalue weighted by Gasteiger charge is 2.39. The molecule has 1 saturated heterocycles. The van der Waals surface area contributed by atoms with Gasteiger partial charge in [-0.15, -0.1) is 0 Å². The minimum Gasteiger partial charge on any atom is -0.480 e. The molecule has 1 heterocycles. The van der Waals surface area contributed by atoms with Gasteiger partial charge in [0.05, 0.1) is 16.6 Å². The van der Waals surface area contributed by atoms with Crippen molar-refractivity contribution < 1.29 is 23.1 Å². The average molecular weight is 418 g/mol. The van der Waals surface area contributed by atoms with E-state index in [0.29, 0.717) is 35.5 Å². The van der Waals surface area contributed by atoms with Crippen LogP contribution in [-0.4, -0.2) is 28.6 Å². The van der Waals surface area contributed by atoms with E-state index in [9.17, 15) is 23.1 Å². The van der Waals surface area contributed by atoms with Crippen LogP contribution in [0.1, 0.15) is 35.6 Å². The number of nitrogens with zero attached hydrogens (tertiary/aromatic N) is 1. The summed E-state index contributed by atoms with van der Waals surface area (Å²) < 4.78 is 40.0. The molecule has 8 heteroatoms. The number of hydrogen-bond acceptors (Lipinski definition) is 2. The topological polar surface area (TPSA) is 40.5 Å². The molecule has 3 nitrogen and oxygen atoms in total. The Morgan fingerprint density at radius 2 is 1.74 bits per heavy atom. The van der Waals surface area contributed by atoms with Crippen LogP contribution in [-0.2, 0) is 11.0 Å². The molecule has 3 rings (SSSR count). The predicted molar refractivity (Wildman–Crippen MR) is 97.1 cm³/mol. The Kier molecular flexibility index (Phi) is 5.70. The second kappa shape index (κ2) is 7.70. The average Bonchev–Trinajstić information content (AvgIpc) is 3.07. The van der Waals surface area contributed by atoms with Crippen molar-refractivity contribution in [1.29, 1.82) is 0 Å². The van der Waals surface area contributed by atoms with Gasteiger partial charge in [-0.2, -0.15) is 13.2 Å². The predicted octanol–water partition coefficient (Wildman–Crippen LogP) is 5.65. The molecule has 0 aromatic heterocycles. The molecule has 0 saturated carbocycles. The van der Waals surface area contributed by atoms with E-state index in [2.05, 4.69) is 0 Å². The van der Waals surface area contributed by atoms with Gasteiger partial charge in [-0.25, -0.2) is 0 Å². The van der Waals surface area contributed by atoms with Crippen LogP contribution in [0.5, 0.6) is 0 Å². The number of likely N-dealkylation sites (tertiary alicyclic amines) is 1. The van der Waals surface area contributed by atoms with Crippen molar-refractivity contribution in [1.82, 2.24) is 4.90 Å². The Hall–Kier alpha value is -1.76. The van der Waals surface area contributed by atoms with Gasteiger partial charge >= 0.3 is 12.1 Å². The molecule has 2 atom stereocenters. The molecule has 2 unspecified atom stereocenters. The van der Waals surface area contributed by atoms with Crippen LogP contribution in [0.4, 0.5) is 13.2 Å². The molecular weight excluding hydrogens is 402 g/mol. The van der Waals surface area contributed by atoms with Crippen molar-refractivity contribution in [3.05, 3.63) is 69.2 Å². The molecule has 0 aliphatic carbocycles. The standard InChI is InChI=1S/C19H16Cl2F3NO2/c20-13-6-3-11(4-7-13)17(25-9-1-2-16(25)18(26)27)12-5-8-15(21)14(10-12)19(22,23)24/h3-8,10,16-17H,1-2,9H2,(H,26,27). The molecule has 0 spiro atoms. The fraction of sp³-hybridized carbons (Fsp3) is 0.316. The summed E-state index contributed by atoms with van der Waals surface area (Å²) >= 11 is 11.7. The SMILES string of the molecule is O=C(O)C1CCCN1C(c1ccc(Cl)cc1)c1ccc(Cl)c(C(F)(F)F)c1. The number of halogens is 5. The Morgan fingerprint density at radius 3 is 2.33 bits per heavy atom. The number of aliphatic carboxylic acids is 1. The van der Waals surface area contributed by atoms with Crippen molar-refractivity contribution in [2.75, 3.05) is 6.54 Å². The van der Waals surface area contributed by atoms with E-state index >= 15 is 0 Å². The van der Waals surface area contributed by atoms with Gasteiger partial charge in [-0.1, -0.05) is 41.4 Å². The lowest BCUT2D eigenvalue weighted by molar-refractivity contribution is -0.143. The van der Waals surface area contributed by atoms with Crippen molar-refractivity contribution in [2.45, 2.75) is 31.1 Å². The summed E-state index contributed by atoms with van der Waals surface area (Å²) in [6.07, 6.45) is -3.51. The third-order valence-corrected chi connectivity index (χ3v) is 5.29. The van der Waals surface area contributed by atoms with Crippen molar-refractivity contribution in [3.63, 3.8) is 0 Å². The van der Waals surface area contributed by atoms with Crippen LogP contribution in [0.3, 0.4) is 0 Å². The van der Waals surface area contributed by atoms with Gasteiger partial charge in [0.2, 0.25) is 0 Å². The number of rotatable bonds is 4. The summed E-state index contributed by atoms with van der Waals surface area (Å²) in [4.78, 5) is 13.4. The quantitative estimate of drug-likeness (QED) is 0.698. The van der Waals surface area contributed by atoms with Crippen LogP contribution in [0, 0.1) is 0 Å². The normalized spacial score (nSPS) is 19.2. The first kappa shape index (κ1) is 20.0. The third kappa shape index (κ3) is 4.23. The summed E-state index contributed by atoms with van der Waals surface area (Å²) in [5.41, 5.74) is 0.0666. The summed E-state index contributed by atoms with van der Waals surface area (Å²) in [5, 5.41) is 9.63. The van der Waals surface area contributed by atoms with Gasteiger partial charge < -0.3 is 5.11 Å². The molecule has 2 aromatic rings. The lowest BCUT2D eigenvalue weighted by Gasteiger charge is -2.32. The van der Waals surface area contributed by atoms with Crippen LogP contribution in [0.15, 0.2) is 42.5 Å².